The second-order valence-corrected chi connectivity index (χ2v) is 5.02. The lowest BCUT2D eigenvalue weighted by Gasteiger charge is -2.29. The van der Waals surface area contributed by atoms with Crippen molar-refractivity contribution < 1.29 is 9.53 Å². The van der Waals surface area contributed by atoms with Gasteiger partial charge in [-0.25, -0.2) is 0 Å². The molecule has 106 valence electrons. The maximum Gasteiger partial charge on any atom is 0.166 e. The molecule has 0 radical (unpaired) electrons. The standard InChI is InChI=1S/C16H25NO2/c1-5-17(14(3)12-19-4)11-13(2)16(18)15-9-7-6-8-10-15/h6-10,13-14H,5,11-12H2,1-4H3. The molecule has 0 N–H and O–H groups in total. The summed E-state index contributed by atoms with van der Waals surface area (Å²) in [6.45, 7) is 8.64. The lowest BCUT2D eigenvalue weighted by atomic mass is 9.98. The van der Waals surface area contributed by atoms with E-state index >= 15 is 0 Å². The summed E-state index contributed by atoms with van der Waals surface area (Å²) in [4.78, 5) is 14.6. The van der Waals surface area contributed by atoms with Crippen LogP contribution in [0.25, 0.3) is 0 Å². The molecule has 0 bridgehead atoms. The predicted octanol–water partition coefficient (Wildman–Crippen LogP) is 2.86. The van der Waals surface area contributed by atoms with Gasteiger partial charge in [0.05, 0.1) is 6.61 Å². The Morgan fingerprint density at radius 3 is 2.42 bits per heavy atom. The quantitative estimate of drug-likeness (QED) is 0.675. The van der Waals surface area contributed by atoms with Crippen molar-refractivity contribution in [1.82, 2.24) is 4.90 Å². The number of ketones is 1. The van der Waals surface area contributed by atoms with Gasteiger partial charge in [0.1, 0.15) is 0 Å². The molecular weight excluding hydrogens is 238 g/mol. The van der Waals surface area contributed by atoms with Crippen LogP contribution in [0.3, 0.4) is 0 Å². The molecule has 19 heavy (non-hydrogen) atoms. The smallest absolute Gasteiger partial charge is 0.166 e. The van der Waals surface area contributed by atoms with E-state index in [0.29, 0.717) is 12.6 Å². The molecule has 1 aromatic carbocycles. The average Bonchev–Trinajstić information content (AvgIpc) is 2.44. The number of ether oxygens (including phenoxy) is 1. The van der Waals surface area contributed by atoms with Crippen LogP contribution in [-0.4, -0.2) is 43.5 Å². The Morgan fingerprint density at radius 1 is 1.26 bits per heavy atom. The highest BCUT2D eigenvalue weighted by Crippen LogP contribution is 2.12. The predicted molar refractivity (Wildman–Crippen MR) is 78.5 cm³/mol. The van der Waals surface area contributed by atoms with Crippen molar-refractivity contribution in [3.8, 4) is 0 Å². The molecule has 2 atom stereocenters. The second-order valence-electron chi connectivity index (χ2n) is 5.02. The van der Waals surface area contributed by atoms with E-state index in [0.717, 1.165) is 18.7 Å². The summed E-state index contributed by atoms with van der Waals surface area (Å²) < 4.78 is 5.19. The molecule has 0 aliphatic carbocycles. The number of rotatable bonds is 8. The molecule has 0 spiro atoms. The van der Waals surface area contributed by atoms with Crippen molar-refractivity contribution in [2.45, 2.75) is 26.8 Å². The summed E-state index contributed by atoms with van der Waals surface area (Å²) in [6.07, 6.45) is 0. The van der Waals surface area contributed by atoms with Crippen LogP contribution in [0.2, 0.25) is 0 Å². The molecule has 1 rings (SSSR count). The summed E-state index contributed by atoms with van der Waals surface area (Å²) in [5.74, 6) is 0.213. The van der Waals surface area contributed by atoms with Gasteiger partial charge in [0, 0.05) is 31.2 Å². The van der Waals surface area contributed by atoms with Crippen LogP contribution >= 0.6 is 0 Å². The van der Waals surface area contributed by atoms with Gasteiger partial charge in [-0.2, -0.15) is 0 Å². The van der Waals surface area contributed by atoms with E-state index in [1.807, 2.05) is 37.3 Å². The zero-order valence-corrected chi connectivity index (χ0v) is 12.4. The van der Waals surface area contributed by atoms with E-state index in [-0.39, 0.29) is 11.7 Å². The largest absolute Gasteiger partial charge is 0.383 e. The third-order valence-electron chi connectivity index (χ3n) is 3.45. The number of carbonyl (C=O) groups excluding carboxylic acids is 1. The molecule has 0 saturated heterocycles. The van der Waals surface area contributed by atoms with Gasteiger partial charge in [0.2, 0.25) is 0 Å². The van der Waals surface area contributed by atoms with E-state index in [1.54, 1.807) is 7.11 Å². The van der Waals surface area contributed by atoms with Crippen molar-refractivity contribution in [2.24, 2.45) is 5.92 Å². The first-order chi connectivity index (χ1) is 9.10. The van der Waals surface area contributed by atoms with Crippen LogP contribution in [0.15, 0.2) is 30.3 Å². The first-order valence-corrected chi connectivity index (χ1v) is 6.92. The summed E-state index contributed by atoms with van der Waals surface area (Å²) in [7, 11) is 1.71. The Balaban J connectivity index is 2.62. The van der Waals surface area contributed by atoms with Crippen LogP contribution in [0, 0.1) is 5.92 Å². The maximum atomic E-state index is 12.3. The zero-order chi connectivity index (χ0) is 14.3. The fourth-order valence-electron chi connectivity index (χ4n) is 2.29. The maximum absolute atomic E-state index is 12.3. The molecular formula is C16H25NO2. The molecule has 1 aromatic rings. The van der Waals surface area contributed by atoms with E-state index in [4.69, 9.17) is 4.74 Å². The molecule has 2 unspecified atom stereocenters. The van der Waals surface area contributed by atoms with Crippen molar-refractivity contribution in [2.75, 3.05) is 26.8 Å². The fourth-order valence-corrected chi connectivity index (χ4v) is 2.29. The monoisotopic (exact) mass is 263 g/mol. The third kappa shape index (κ3) is 4.77. The Hall–Kier alpha value is -1.19. The minimum absolute atomic E-state index is 0.00153. The molecule has 0 saturated carbocycles. The van der Waals surface area contributed by atoms with Gasteiger partial charge in [-0.1, -0.05) is 44.2 Å². The van der Waals surface area contributed by atoms with Gasteiger partial charge in [0.15, 0.2) is 5.78 Å². The zero-order valence-electron chi connectivity index (χ0n) is 12.4. The topological polar surface area (TPSA) is 29.5 Å². The highest BCUT2D eigenvalue weighted by Gasteiger charge is 2.20. The fraction of sp³-hybridized carbons (Fsp3) is 0.562. The third-order valence-corrected chi connectivity index (χ3v) is 3.45. The highest BCUT2D eigenvalue weighted by atomic mass is 16.5. The molecule has 0 fully saturated rings. The van der Waals surface area contributed by atoms with E-state index in [1.165, 1.54) is 0 Å². The van der Waals surface area contributed by atoms with Gasteiger partial charge in [-0.3, -0.25) is 9.69 Å². The highest BCUT2D eigenvalue weighted by molar-refractivity contribution is 5.97. The van der Waals surface area contributed by atoms with Crippen LogP contribution in [0.5, 0.6) is 0 Å². The van der Waals surface area contributed by atoms with Crippen molar-refractivity contribution in [1.29, 1.82) is 0 Å². The van der Waals surface area contributed by atoms with Crippen molar-refractivity contribution in [3.05, 3.63) is 35.9 Å². The molecule has 0 aromatic heterocycles. The summed E-state index contributed by atoms with van der Waals surface area (Å²) in [5, 5.41) is 0. The van der Waals surface area contributed by atoms with Gasteiger partial charge in [0.25, 0.3) is 0 Å². The van der Waals surface area contributed by atoms with Gasteiger partial charge in [-0.05, 0) is 13.5 Å². The molecule has 0 amide bonds. The van der Waals surface area contributed by atoms with E-state index < -0.39 is 0 Å². The lowest BCUT2D eigenvalue weighted by molar-refractivity contribution is 0.0769. The molecule has 0 heterocycles. The number of carbonyl (C=O) groups is 1. The van der Waals surface area contributed by atoms with Crippen molar-refractivity contribution in [3.63, 3.8) is 0 Å². The number of Topliss-reactive ketones (excluding diaryl/α,β-unsaturated/α-hetero) is 1. The number of hydrogen-bond acceptors (Lipinski definition) is 3. The Kier molecular flexibility index (Phi) is 6.74. The number of nitrogens with zero attached hydrogens (tertiary/aromatic N) is 1. The minimum atomic E-state index is 0.00153. The van der Waals surface area contributed by atoms with Gasteiger partial charge < -0.3 is 4.74 Å². The van der Waals surface area contributed by atoms with Crippen LogP contribution in [-0.2, 0) is 4.74 Å². The molecule has 3 heteroatoms. The number of benzene rings is 1. The normalized spacial score (nSPS) is 14.4. The second kappa shape index (κ2) is 8.08. The minimum Gasteiger partial charge on any atom is -0.383 e. The summed E-state index contributed by atoms with van der Waals surface area (Å²) >= 11 is 0. The average molecular weight is 263 g/mol. The number of hydrogen-bond donors (Lipinski definition) is 0. The van der Waals surface area contributed by atoms with E-state index in [9.17, 15) is 4.79 Å². The SMILES string of the molecule is CCN(CC(C)C(=O)c1ccccc1)C(C)COC. The van der Waals surface area contributed by atoms with Gasteiger partial charge in [-0.15, -0.1) is 0 Å². The first kappa shape index (κ1) is 15.9. The Bertz CT molecular complexity index is 378. The first-order valence-electron chi connectivity index (χ1n) is 6.92. The number of methoxy groups -OCH3 is 1. The Labute approximate surface area is 116 Å². The molecule has 0 aliphatic heterocycles. The number of likely N-dealkylation sites (N-methyl/N-ethyl adjacent to an activating group) is 1. The van der Waals surface area contributed by atoms with Crippen molar-refractivity contribution >= 4 is 5.78 Å². The van der Waals surface area contributed by atoms with E-state index in [2.05, 4.69) is 18.7 Å². The van der Waals surface area contributed by atoms with Crippen LogP contribution in [0.4, 0.5) is 0 Å². The Morgan fingerprint density at radius 2 is 1.89 bits per heavy atom. The lowest BCUT2D eigenvalue weighted by Crippen LogP contribution is -2.40. The van der Waals surface area contributed by atoms with Crippen LogP contribution in [0.1, 0.15) is 31.1 Å². The molecule has 0 aliphatic rings. The summed E-state index contributed by atoms with van der Waals surface area (Å²) in [6, 6.07) is 9.85. The molecule has 3 nitrogen and oxygen atoms in total. The van der Waals surface area contributed by atoms with Crippen LogP contribution < -0.4 is 0 Å². The summed E-state index contributed by atoms with van der Waals surface area (Å²) in [5.41, 5.74) is 0.797. The van der Waals surface area contributed by atoms with Gasteiger partial charge >= 0.3 is 0 Å².